The molecule has 0 saturated carbocycles. The molecule has 6 N–H and O–H groups in total. The number of nitrogens with one attached hydrogen (secondary N) is 1. The van der Waals surface area contributed by atoms with Crippen LogP contribution in [0.2, 0.25) is 0 Å². The summed E-state index contributed by atoms with van der Waals surface area (Å²) in [5, 5.41) is 54.2. The van der Waals surface area contributed by atoms with Crippen molar-refractivity contribution in [2.45, 2.75) is 346 Å². The van der Waals surface area contributed by atoms with Crippen molar-refractivity contribution in [1.29, 1.82) is 0 Å². The maximum Gasteiger partial charge on any atom is 0.305 e. The molecule has 0 aromatic heterocycles. The molecule has 1 aliphatic heterocycles. The van der Waals surface area contributed by atoms with Crippen molar-refractivity contribution in [3.05, 3.63) is 36.5 Å². The summed E-state index contributed by atoms with van der Waals surface area (Å²) in [6.07, 6.45) is 58.4. The lowest BCUT2D eigenvalue weighted by atomic mass is 9.99. The van der Waals surface area contributed by atoms with Gasteiger partial charge in [0, 0.05) is 12.8 Å². The monoisotopic (exact) mass is 1080 g/mol. The molecule has 446 valence electrons. The van der Waals surface area contributed by atoms with Crippen molar-refractivity contribution >= 4 is 11.9 Å². The molecule has 7 atom stereocenters. The lowest BCUT2D eigenvalue weighted by Gasteiger charge is -2.40. The highest BCUT2D eigenvalue weighted by molar-refractivity contribution is 5.76. The largest absolute Gasteiger partial charge is 0.466 e. The maximum absolute atomic E-state index is 13.0. The highest BCUT2D eigenvalue weighted by atomic mass is 16.7. The van der Waals surface area contributed by atoms with Crippen LogP contribution in [-0.4, -0.2) is 100 Å². The van der Waals surface area contributed by atoms with Gasteiger partial charge in [-0.3, -0.25) is 9.59 Å². The van der Waals surface area contributed by atoms with E-state index in [0.29, 0.717) is 19.4 Å². The fourth-order valence-corrected chi connectivity index (χ4v) is 10.1. The highest BCUT2D eigenvalue weighted by Crippen LogP contribution is 2.23. The molecular formula is C65H121NO10. The van der Waals surface area contributed by atoms with Crippen molar-refractivity contribution in [3.63, 3.8) is 0 Å². The Morgan fingerprint density at radius 1 is 0.474 bits per heavy atom. The van der Waals surface area contributed by atoms with Crippen LogP contribution in [0.4, 0.5) is 0 Å². The molecule has 0 aliphatic carbocycles. The SMILES string of the molecule is CCCCCCCC/C=C\CCCCCCCC(=O)OCCCCCCCCCCCCCC/C=C\CCCCCCCCCCC(=O)NC(COC1OC(CO)C(O)C(O)C1O)C(O)/C=C/CCCCCCCCC. The third kappa shape index (κ3) is 43.7. The van der Waals surface area contributed by atoms with Crippen molar-refractivity contribution in [3.8, 4) is 0 Å². The lowest BCUT2D eigenvalue weighted by Crippen LogP contribution is -2.60. The maximum atomic E-state index is 13.0. The molecule has 76 heavy (non-hydrogen) atoms. The second kappa shape index (κ2) is 54.8. The van der Waals surface area contributed by atoms with E-state index in [9.17, 15) is 35.1 Å². The molecule has 7 unspecified atom stereocenters. The van der Waals surface area contributed by atoms with Gasteiger partial charge in [0.2, 0.25) is 5.91 Å². The van der Waals surface area contributed by atoms with Gasteiger partial charge in [0.1, 0.15) is 24.4 Å². The summed E-state index contributed by atoms with van der Waals surface area (Å²) in [7, 11) is 0. The summed E-state index contributed by atoms with van der Waals surface area (Å²) in [5.41, 5.74) is 0. The van der Waals surface area contributed by atoms with Gasteiger partial charge in [-0.25, -0.2) is 0 Å². The number of esters is 1. The summed E-state index contributed by atoms with van der Waals surface area (Å²) in [6.45, 7) is 4.31. The van der Waals surface area contributed by atoms with Crippen molar-refractivity contribution < 1.29 is 49.3 Å². The number of unbranched alkanes of at least 4 members (excludes halogenated alkanes) is 38. The summed E-state index contributed by atoms with van der Waals surface area (Å²) >= 11 is 0. The Balaban J connectivity index is 1.97. The quantitative estimate of drug-likeness (QED) is 0.0195. The van der Waals surface area contributed by atoms with Crippen LogP contribution in [0.15, 0.2) is 36.5 Å². The van der Waals surface area contributed by atoms with E-state index >= 15 is 0 Å². The van der Waals surface area contributed by atoms with E-state index in [1.165, 1.54) is 212 Å². The second-order valence-electron chi connectivity index (χ2n) is 22.5. The first kappa shape index (κ1) is 71.9. The van der Waals surface area contributed by atoms with E-state index in [0.717, 1.165) is 64.2 Å². The van der Waals surface area contributed by atoms with Gasteiger partial charge in [0.05, 0.1) is 32.0 Å². The van der Waals surface area contributed by atoms with Crippen LogP contribution in [0, 0.1) is 0 Å². The lowest BCUT2D eigenvalue weighted by molar-refractivity contribution is -0.302. The van der Waals surface area contributed by atoms with Gasteiger partial charge in [0.25, 0.3) is 0 Å². The Morgan fingerprint density at radius 2 is 0.842 bits per heavy atom. The van der Waals surface area contributed by atoms with Gasteiger partial charge in [0.15, 0.2) is 6.29 Å². The van der Waals surface area contributed by atoms with Crippen LogP contribution in [0.1, 0.15) is 303 Å². The average molecular weight is 1080 g/mol. The van der Waals surface area contributed by atoms with Gasteiger partial charge in [-0.05, 0) is 83.5 Å². The fourth-order valence-electron chi connectivity index (χ4n) is 10.1. The number of rotatable bonds is 56. The summed E-state index contributed by atoms with van der Waals surface area (Å²) < 4.78 is 16.7. The summed E-state index contributed by atoms with van der Waals surface area (Å²) in [5.74, 6) is -0.195. The van der Waals surface area contributed by atoms with Gasteiger partial charge < -0.3 is 45.1 Å². The van der Waals surface area contributed by atoms with Gasteiger partial charge in [-0.1, -0.05) is 243 Å². The molecule has 0 aromatic rings. The van der Waals surface area contributed by atoms with E-state index in [2.05, 4.69) is 43.5 Å². The first-order valence-electron chi connectivity index (χ1n) is 32.3. The Labute approximate surface area is 466 Å². The van der Waals surface area contributed by atoms with E-state index in [1.807, 2.05) is 6.08 Å². The van der Waals surface area contributed by atoms with Crippen molar-refractivity contribution in [2.24, 2.45) is 0 Å². The summed E-state index contributed by atoms with van der Waals surface area (Å²) in [4.78, 5) is 25.1. The molecule has 0 spiro atoms. The van der Waals surface area contributed by atoms with Crippen molar-refractivity contribution in [1.82, 2.24) is 5.32 Å². The van der Waals surface area contributed by atoms with Crippen LogP contribution in [0.5, 0.6) is 0 Å². The number of hydrogen-bond donors (Lipinski definition) is 6. The van der Waals surface area contributed by atoms with Crippen LogP contribution in [0.25, 0.3) is 0 Å². The van der Waals surface area contributed by atoms with Gasteiger partial charge >= 0.3 is 5.97 Å². The van der Waals surface area contributed by atoms with E-state index in [1.54, 1.807) is 6.08 Å². The minimum Gasteiger partial charge on any atom is -0.466 e. The number of ether oxygens (including phenoxy) is 3. The Morgan fingerprint density at radius 3 is 1.26 bits per heavy atom. The van der Waals surface area contributed by atoms with Crippen LogP contribution in [0.3, 0.4) is 0 Å². The molecule has 1 fully saturated rings. The molecular weight excluding hydrogens is 955 g/mol. The number of carbonyl (C=O) groups excluding carboxylic acids is 2. The van der Waals surface area contributed by atoms with Crippen LogP contribution in [-0.2, 0) is 23.8 Å². The number of carbonyl (C=O) groups is 2. The molecule has 1 heterocycles. The Hall–Kier alpha value is -2.12. The molecule has 0 bridgehead atoms. The topological polar surface area (TPSA) is 175 Å². The molecule has 0 aromatic carbocycles. The van der Waals surface area contributed by atoms with Gasteiger partial charge in [-0.15, -0.1) is 0 Å². The predicted molar refractivity (Wildman–Crippen MR) is 315 cm³/mol. The number of aliphatic hydroxyl groups excluding tert-OH is 5. The average Bonchev–Trinajstić information content (AvgIpc) is 3.42. The molecule has 1 saturated heterocycles. The molecule has 11 nitrogen and oxygen atoms in total. The molecule has 11 heteroatoms. The Bertz CT molecular complexity index is 1360. The first-order chi connectivity index (χ1) is 37.2. The molecule has 0 radical (unpaired) electrons. The van der Waals surface area contributed by atoms with Crippen LogP contribution >= 0.6 is 0 Å². The first-order valence-corrected chi connectivity index (χ1v) is 32.3. The van der Waals surface area contributed by atoms with E-state index in [-0.39, 0.29) is 18.5 Å². The van der Waals surface area contributed by atoms with E-state index in [4.69, 9.17) is 14.2 Å². The molecule has 1 amide bonds. The zero-order chi connectivity index (χ0) is 55.2. The van der Waals surface area contributed by atoms with Crippen molar-refractivity contribution in [2.75, 3.05) is 19.8 Å². The third-order valence-electron chi connectivity index (χ3n) is 15.2. The minimum atomic E-state index is -1.57. The number of allylic oxidation sites excluding steroid dienone is 5. The van der Waals surface area contributed by atoms with Gasteiger partial charge in [-0.2, -0.15) is 0 Å². The highest BCUT2D eigenvalue weighted by Gasteiger charge is 2.44. The number of amides is 1. The smallest absolute Gasteiger partial charge is 0.305 e. The van der Waals surface area contributed by atoms with E-state index < -0.39 is 49.5 Å². The molecule has 1 aliphatic rings. The zero-order valence-electron chi connectivity index (χ0n) is 49.2. The summed E-state index contributed by atoms with van der Waals surface area (Å²) in [6, 6.07) is -0.812. The standard InChI is InChI=1S/C65H121NO10/c1-3-5-7-9-11-13-14-15-26-30-33-37-41-45-49-53-61(70)74-54-50-46-42-38-34-31-28-25-23-21-19-17-16-18-20-22-24-27-29-32-36-40-44-48-52-60(69)66-57(58(68)51-47-43-39-35-12-10-8-6-4-2)56-75-65-64(73)63(72)62(71)59(55-67)76-65/h15,18,20,26,47,51,57-59,62-65,67-68,71-73H,3-14,16-17,19,21-25,27-46,48-50,52-56H2,1-2H3,(H,66,69)/b20-18-,26-15-,51-47+. The Kier molecular flexibility index (Phi) is 51.9. The predicted octanol–water partition coefficient (Wildman–Crippen LogP) is 15.5. The second-order valence-corrected chi connectivity index (χ2v) is 22.5. The molecule has 1 rings (SSSR count). The fraction of sp³-hybridized carbons (Fsp3) is 0.877. The van der Waals surface area contributed by atoms with Crippen LogP contribution < -0.4 is 5.32 Å². The zero-order valence-corrected chi connectivity index (χ0v) is 49.2. The number of hydrogen-bond acceptors (Lipinski definition) is 10. The minimum absolute atomic E-state index is 0.00664. The third-order valence-corrected chi connectivity index (χ3v) is 15.2. The normalized spacial score (nSPS) is 18.9. The number of aliphatic hydroxyl groups is 5.